The van der Waals surface area contributed by atoms with Gasteiger partial charge >= 0.3 is 0 Å². The third kappa shape index (κ3) is 4.33. The summed E-state index contributed by atoms with van der Waals surface area (Å²) in [6, 6.07) is 15.0. The number of amides is 1. The molecule has 0 saturated heterocycles. The summed E-state index contributed by atoms with van der Waals surface area (Å²) in [6.45, 7) is 1.99. The van der Waals surface area contributed by atoms with E-state index in [1.165, 1.54) is 11.3 Å². The lowest BCUT2D eigenvalue weighted by molar-refractivity contribution is -0.122. The van der Waals surface area contributed by atoms with Gasteiger partial charge < -0.3 is 14.8 Å². The molecule has 164 valence electrons. The average molecular weight is 451 g/mol. The van der Waals surface area contributed by atoms with Crippen molar-refractivity contribution in [2.24, 2.45) is 0 Å². The molecular formula is C23H22N4O4S. The fourth-order valence-corrected chi connectivity index (χ4v) is 4.25. The van der Waals surface area contributed by atoms with E-state index in [-0.39, 0.29) is 12.5 Å². The Balaban J connectivity index is 1.70. The number of carbonyl (C=O) groups is 1. The first-order valence-corrected chi connectivity index (χ1v) is 10.7. The van der Waals surface area contributed by atoms with Gasteiger partial charge in [0.15, 0.2) is 17.0 Å². The second kappa shape index (κ2) is 9.19. The number of hydrogen-bond donors (Lipinski definition) is 1. The Hall–Kier alpha value is -3.72. The molecule has 0 fully saturated rings. The molecule has 2 aromatic carbocycles. The molecule has 32 heavy (non-hydrogen) atoms. The van der Waals surface area contributed by atoms with Gasteiger partial charge in [0.25, 0.3) is 5.56 Å². The van der Waals surface area contributed by atoms with Crippen molar-refractivity contribution in [1.82, 2.24) is 20.1 Å². The third-order valence-corrected chi connectivity index (χ3v) is 5.87. The van der Waals surface area contributed by atoms with Gasteiger partial charge in [-0.25, -0.2) is 9.67 Å². The first kappa shape index (κ1) is 21.5. The Bertz CT molecular complexity index is 1330. The summed E-state index contributed by atoms with van der Waals surface area (Å²) in [5, 5.41) is 8.10. The molecule has 0 spiro atoms. The number of aryl methyl sites for hydroxylation is 1. The molecule has 0 saturated carbocycles. The first-order chi connectivity index (χ1) is 15.5. The zero-order chi connectivity index (χ0) is 22.7. The molecule has 0 aliphatic heterocycles. The monoisotopic (exact) mass is 450 g/mol. The number of ether oxygens (including phenoxy) is 2. The molecule has 9 heteroatoms. The van der Waals surface area contributed by atoms with E-state index in [0.717, 1.165) is 20.8 Å². The Labute approximate surface area is 188 Å². The summed E-state index contributed by atoms with van der Waals surface area (Å²) >= 11 is 1.39. The van der Waals surface area contributed by atoms with Crippen molar-refractivity contribution in [2.75, 3.05) is 14.2 Å². The normalized spacial score (nSPS) is 10.8. The highest BCUT2D eigenvalue weighted by Crippen LogP contribution is 2.35. The molecule has 4 aromatic rings. The molecule has 4 rings (SSSR count). The van der Waals surface area contributed by atoms with E-state index in [9.17, 15) is 9.59 Å². The number of fused-ring (bicyclic) bond motifs is 1. The highest BCUT2D eigenvalue weighted by atomic mass is 32.1. The van der Waals surface area contributed by atoms with Crippen molar-refractivity contribution >= 4 is 27.5 Å². The number of carbonyl (C=O) groups excluding carboxylic acids is 1. The van der Waals surface area contributed by atoms with Crippen molar-refractivity contribution in [1.29, 1.82) is 0 Å². The van der Waals surface area contributed by atoms with Crippen LogP contribution in [0.2, 0.25) is 0 Å². The lowest BCUT2D eigenvalue weighted by Gasteiger charge is -2.12. The van der Waals surface area contributed by atoms with Crippen molar-refractivity contribution in [2.45, 2.75) is 20.0 Å². The molecule has 0 unspecified atom stereocenters. The fraction of sp³-hybridized carbons (Fsp3) is 0.217. The second-order valence-corrected chi connectivity index (χ2v) is 8.26. The number of methoxy groups -OCH3 is 2. The minimum Gasteiger partial charge on any atom is -0.493 e. The van der Waals surface area contributed by atoms with Gasteiger partial charge in [0.1, 0.15) is 12.2 Å². The van der Waals surface area contributed by atoms with E-state index in [1.54, 1.807) is 26.4 Å². The number of nitrogens with one attached hydrogen (secondary N) is 1. The van der Waals surface area contributed by atoms with E-state index in [2.05, 4.69) is 15.4 Å². The lowest BCUT2D eigenvalue weighted by Crippen LogP contribution is -2.33. The molecular weight excluding hydrogens is 428 g/mol. The van der Waals surface area contributed by atoms with E-state index in [0.29, 0.717) is 34.0 Å². The predicted molar refractivity (Wildman–Crippen MR) is 123 cm³/mol. The summed E-state index contributed by atoms with van der Waals surface area (Å²) in [5.41, 5.74) is 2.15. The van der Waals surface area contributed by atoms with Gasteiger partial charge in [-0.2, -0.15) is 5.10 Å². The maximum Gasteiger partial charge on any atom is 0.294 e. The molecule has 2 aromatic heterocycles. The van der Waals surface area contributed by atoms with E-state index in [1.807, 2.05) is 43.3 Å². The molecule has 1 amide bonds. The standard InChI is InChI=1S/C23H22N4O4S/c1-14-25-21-22(32-14)20(16-9-10-17(30-2)18(11-16)31-3)26-27(23(21)29)13-19(28)24-12-15-7-5-4-6-8-15/h4-11H,12-13H2,1-3H3,(H,24,28). The minimum absolute atomic E-state index is 0.210. The van der Waals surface area contributed by atoms with Crippen LogP contribution in [0.3, 0.4) is 0 Å². The topological polar surface area (TPSA) is 95.3 Å². The zero-order valence-electron chi connectivity index (χ0n) is 17.9. The summed E-state index contributed by atoms with van der Waals surface area (Å²) in [4.78, 5) is 29.9. The average Bonchev–Trinajstić information content (AvgIpc) is 3.21. The van der Waals surface area contributed by atoms with Crippen molar-refractivity contribution in [3.63, 3.8) is 0 Å². The maximum atomic E-state index is 13.0. The van der Waals surface area contributed by atoms with Crippen LogP contribution in [-0.2, 0) is 17.9 Å². The number of thiazole rings is 1. The van der Waals surface area contributed by atoms with Crippen LogP contribution in [0.4, 0.5) is 0 Å². The Morgan fingerprint density at radius 2 is 1.84 bits per heavy atom. The van der Waals surface area contributed by atoms with Crippen LogP contribution < -0.4 is 20.3 Å². The quantitative estimate of drug-likeness (QED) is 0.465. The molecule has 1 N–H and O–H groups in total. The van der Waals surface area contributed by atoms with E-state index >= 15 is 0 Å². The number of benzene rings is 2. The van der Waals surface area contributed by atoms with Gasteiger partial charge in [0.05, 0.1) is 23.9 Å². The highest BCUT2D eigenvalue weighted by Gasteiger charge is 2.19. The summed E-state index contributed by atoms with van der Waals surface area (Å²) in [7, 11) is 3.12. The smallest absolute Gasteiger partial charge is 0.294 e. The number of hydrogen-bond acceptors (Lipinski definition) is 7. The second-order valence-electron chi connectivity index (χ2n) is 7.05. The van der Waals surface area contributed by atoms with Crippen LogP contribution in [0.1, 0.15) is 10.6 Å². The highest BCUT2D eigenvalue weighted by molar-refractivity contribution is 7.19. The molecule has 2 heterocycles. The Morgan fingerprint density at radius 1 is 1.09 bits per heavy atom. The molecule has 0 bridgehead atoms. The lowest BCUT2D eigenvalue weighted by atomic mass is 10.1. The number of aromatic nitrogens is 3. The summed E-state index contributed by atoms with van der Waals surface area (Å²) in [6.07, 6.45) is 0. The van der Waals surface area contributed by atoms with Crippen LogP contribution in [0.25, 0.3) is 21.5 Å². The van der Waals surface area contributed by atoms with Gasteiger partial charge in [-0.1, -0.05) is 30.3 Å². The van der Waals surface area contributed by atoms with Crippen LogP contribution in [0.5, 0.6) is 11.5 Å². The van der Waals surface area contributed by atoms with Gasteiger partial charge in [-0.05, 0) is 30.7 Å². The summed E-state index contributed by atoms with van der Waals surface area (Å²) in [5.74, 6) is 0.814. The van der Waals surface area contributed by atoms with Crippen LogP contribution in [-0.4, -0.2) is 34.9 Å². The SMILES string of the molecule is COc1ccc(-c2nn(CC(=O)NCc3ccccc3)c(=O)c3nc(C)sc23)cc1OC. The van der Waals surface area contributed by atoms with E-state index in [4.69, 9.17) is 9.47 Å². The largest absolute Gasteiger partial charge is 0.493 e. The van der Waals surface area contributed by atoms with Gasteiger partial charge in [-0.3, -0.25) is 9.59 Å². The Morgan fingerprint density at radius 3 is 2.56 bits per heavy atom. The van der Waals surface area contributed by atoms with Gasteiger partial charge in [0, 0.05) is 12.1 Å². The minimum atomic E-state index is -0.400. The molecule has 8 nitrogen and oxygen atoms in total. The number of rotatable bonds is 7. The molecule has 0 aliphatic carbocycles. The van der Waals surface area contributed by atoms with Crippen LogP contribution in [0.15, 0.2) is 53.3 Å². The predicted octanol–water partition coefficient (Wildman–Crippen LogP) is 3.16. The fourth-order valence-electron chi connectivity index (χ4n) is 3.33. The third-order valence-electron chi connectivity index (χ3n) is 4.89. The van der Waals surface area contributed by atoms with E-state index < -0.39 is 5.56 Å². The van der Waals surface area contributed by atoms with Crippen LogP contribution in [0, 0.1) is 6.92 Å². The van der Waals surface area contributed by atoms with Gasteiger partial charge in [0.2, 0.25) is 5.91 Å². The number of nitrogens with zero attached hydrogens (tertiary/aromatic N) is 3. The van der Waals surface area contributed by atoms with Gasteiger partial charge in [-0.15, -0.1) is 11.3 Å². The first-order valence-electron chi connectivity index (χ1n) is 9.91. The maximum absolute atomic E-state index is 13.0. The Kier molecular flexibility index (Phi) is 6.18. The molecule has 0 aliphatic rings. The van der Waals surface area contributed by atoms with Crippen molar-refractivity contribution < 1.29 is 14.3 Å². The molecule has 0 radical (unpaired) electrons. The van der Waals surface area contributed by atoms with Crippen molar-refractivity contribution in [3.05, 3.63) is 69.5 Å². The van der Waals surface area contributed by atoms with Crippen molar-refractivity contribution in [3.8, 4) is 22.8 Å². The molecule has 0 atom stereocenters. The summed E-state index contributed by atoms with van der Waals surface area (Å²) < 4.78 is 12.6. The zero-order valence-corrected chi connectivity index (χ0v) is 18.7. The van der Waals surface area contributed by atoms with Crippen LogP contribution >= 0.6 is 11.3 Å².